The summed E-state index contributed by atoms with van der Waals surface area (Å²) < 4.78 is 5.29. The first kappa shape index (κ1) is 20.7. The molecule has 31 heavy (non-hydrogen) atoms. The number of amides is 2. The molecule has 2 heterocycles. The first-order valence-electron chi connectivity index (χ1n) is 10.6. The molecule has 0 fully saturated rings. The summed E-state index contributed by atoms with van der Waals surface area (Å²) >= 11 is 0. The van der Waals surface area contributed by atoms with Crippen molar-refractivity contribution in [1.29, 1.82) is 0 Å². The van der Waals surface area contributed by atoms with E-state index >= 15 is 0 Å². The first-order chi connectivity index (χ1) is 15.2. The van der Waals surface area contributed by atoms with Crippen LogP contribution in [0.25, 0.3) is 16.5 Å². The highest BCUT2D eigenvalue weighted by Gasteiger charge is 2.20. The van der Waals surface area contributed by atoms with Crippen molar-refractivity contribution >= 4 is 28.3 Å². The molecule has 6 nitrogen and oxygen atoms in total. The molecule has 2 N–H and O–H groups in total. The number of carbonyl (C=O) groups is 2. The predicted octanol–water partition coefficient (Wildman–Crippen LogP) is 3.89. The van der Waals surface area contributed by atoms with Crippen molar-refractivity contribution in [2.75, 3.05) is 20.2 Å². The van der Waals surface area contributed by atoms with E-state index in [4.69, 9.17) is 4.74 Å². The van der Waals surface area contributed by atoms with Crippen LogP contribution in [0.3, 0.4) is 0 Å². The number of rotatable bonds is 7. The number of ether oxygens (including phenoxy) is 1. The summed E-state index contributed by atoms with van der Waals surface area (Å²) in [5, 5.41) is 4.08. The molecule has 0 aliphatic carbocycles. The third kappa shape index (κ3) is 4.79. The highest BCUT2D eigenvalue weighted by molar-refractivity contribution is 5.93. The standard InChI is InChI=1S/C25H27N3O3/c1-31-23-9-5-2-6-19(23)16-27-24(29)10-11-25(30)28-14-12-18(13-15-28)21-17-26-22-8-4-3-7-20(21)22/h2-9,12,17,26H,10-11,13-16H2,1H3,(H,27,29). The van der Waals surface area contributed by atoms with Gasteiger partial charge in [-0.15, -0.1) is 0 Å². The highest BCUT2D eigenvalue weighted by atomic mass is 16.5. The van der Waals surface area contributed by atoms with E-state index in [1.165, 1.54) is 16.5 Å². The molecule has 0 bridgehead atoms. The number of nitrogens with one attached hydrogen (secondary N) is 2. The molecule has 6 heteroatoms. The van der Waals surface area contributed by atoms with Crippen LogP contribution in [0.4, 0.5) is 0 Å². The van der Waals surface area contributed by atoms with E-state index in [9.17, 15) is 9.59 Å². The zero-order valence-electron chi connectivity index (χ0n) is 17.7. The van der Waals surface area contributed by atoms with E-state index < -0.39 is 0 Å². The smallest absolute Gasteiger partial charge is 0.223 e. The minimum Gasteiger partial charge on any atom is -0.496 e. The summed E-state index contributed by atoms with van der Waals surface area (Å²) in [6.45, 7) is 1.64. The van der Waals surface area contributed by atoms with Crippen LogP contribution in [0.2, 0.25) is 0 Å². The molecule has 2 aromatic carbocycles. The fraction of sp³-hybridized carbons (Fsp3) is 0.280. The lowest BCUT2D eigenvalue weighted by atomic mass is 9.98. The van der Waals surface area contributed by atoms with Gasteiger partial charge in [-0.1, -0.05) is 42.5 Å². The number of hydrogen-bond donors (Lipinski definition) is 2. The molecule has 0 radical (unpaired) electrons. The molecule has 2 amide bonds. The van der Waals surface area contributed by atoms with E-state index in [2.05, 4.69) is 28.5 Å². The van der Waals surface area contributed by atoms with E-state index in [1.54, 1.807) is 7.11 Å². The Labute approximate surface area is 181 Å². The number of aromatic nitrogens is 1. The van der Waals surface area contributed by atoms with Gasteiger partial charge in [-0.05, 0) is 24.1 Å². The molecule has 1 aromatic heterocycles. The van der Waals surface area contributed by atoms with Crippen LogP contribution in [0, 0.1) is 0 Å². The second kappa shape index (κ2) is 9.51. The molecule has 0 saturated heterocycles. The Morgan fingerprint density at radius 3 is 2.71 bits per heavy atom. The Hall–Kier alpha value is -3.54. The van der Waals surface area contributed by atoms with Gasteiger partial charge < -0.3 is 19.9 Å². The summed E-state index contributed by atoms with van der Waals surface area (Å²) in [6, 6.07) is 15.8. The van der Waals surface area contributed by atoms with Crippen molar-refractivity contribution in [1.82, 2.24) is 15.2 Å². The van der Waals surface area contributed by atoms with Crippen LogP contribution in [0.5, 0.6) is 5.75 Å². The predicted molar refractivity (Wildman–Crippen MR) is 122 cm³/mol. The number of aromatic amines is 1. The highest BCUT2D eigenvalue weighted by Crippen LogP contribution is 2.29. The Bertz CT molecular complexity index is 1120. The van der Waals surface area contributed by atoms with Gasteiger partial charge in [0, 0.05) is 60.7 Å². The van der Waals surface area contributed by atoms with Crippen molar-refractivity contribution in [2.45, 2.75) is 25.8 Å². The van der Waals surface area contributed by atoms with Crippen LogP contribution in [-0.4, -0.2) is 41.9 Å². The van der Waals surface area contributed by atoms with Gasteiger partial charge >= 0.3 is 0 Å². The van der Waals surface area contributed by atoms with Crippen molar-refractivity contribution in [3.05, 3.63) is 71.9 Å². The fourth-order valence-electron chi connectivity index (χ4n) is 3.99. The molecule has 0 atom stereocenters. The number of para-hydroxylation sites is 2. The Morgan fingerprint density at radius 1 is 1.10 bits per heavy atom. The zero-order valence-corrected chi connectivity index (χ0v) is 17.7. The molecule has 4 rings (SSSR count). The number of nitrogens with zero attached hydrogens (tertiary/aromatic N) is 1. The van der Waals surface area contributed by atoms with Crippen LogP contribution >= 0.6 is 0 Å². The molecule has 1 aliphatic heterocycles. The van der Waals surface area contributed by atoms with Gasteiger partial charge in [0.2, 0.25) is 11.8 Å². The molecule has 0 saturated carbocycles. The normalized spacial score (nSPS) is 13.7. The lowest BCUT2D eigenvalue weighted by Gasteiger charge is -2.26. The minimum absolute atomic E-state index is 0.0154. The molecule has 0 spiro atoms. The molecular weight excluding hydrogens is 390 g/mol. The van der Waals surface area contributed by atoms with Crippen molar-refractivity contribution in [2.24, 2.45) is 0 Å². The third-order valence-electron chi connectivity index (χ3n) is 5.73. The van der Waals surface area contributed by atoms with Gasteiger partial charge in [-0.3, -0.25) is 9.59 Å². The second-order valence-corrected chi connectivity index (χ2v) is 7.66. The van der Waals surface area contributed by atoms with E-state index in [-0.39, 0.29) is 24.7 Å². The van der Waals surface area contributed by atoms with Gasteiger partial charge in [-0.25, -0.2) is 0 Å². The van der Waals surface area contributed by atoms with E-state index in [0.29, 0.717) is 19.6 Å². The quantitative estimate of drug-likeness (QED) is 0.613. The Morgan fingerprint density at radius 2 is 1.90 bits per heavy atom. The summed E-state index contributed by atoms with van der Waals surface area (Å²) in [4.78, 5) is 29.9. The van der Waals surface area contributed by atoms with Crippen LogP contribution in [0.1, 0.15) is 30.4 Å². The van der Waals surface area contributed by atoms with Gasteiger partial charge in [-0.2, -0.15) is 0 Å². The van der Waals surface area contributed by atoms with E-state index in [1.807, 2.05) is 47.5 Å². The number of H-pyrrole nitrogens is 1. The second-order valence-electron chi connectivity index (χ2n) is 7.66. The number of methoxy groups -OCH3 is 1. The molecule has 1 aliphatic rings. The molecule has 0 unspecified atom stereocenters. The monoisotopic (exact) mass is 417 g/mol. The minimum atomic E-state index is -0.133. The summed E-state index contributed by atoms with van der Waals surface area (Å²) in [7, 11) is 1.61. The summed E-state index contributed by atoms with van der Waals surface area (Å²) in [5.41, 5.74) is 4.50. The number of benzene rings is 2. The molecule has 160 valence electrons. The van der Waals surface area contributed by atoms with Crippen LogP contribution in [-0.2, 0) is 16.1 Å². The molecule has 3 aromatic rings. The maximum Gasteiger partial charge on any atom is 0.223 e. The molecular formula is C25H27N3O3. The number of hydrogen-bond acceptors (Lipinski definition) is 3. The lowest BCUT2D eigenvalue weighted by Crippen LogP contribution is -2.35. The van der Waals surface area contributed by atoms with Crippen LogP contribution in [0.15, 0.2) is 60.8 Å². The SMILES string of the molecule is COc1ccccc1CNC(=O)CCC(=O)N1CC=C(c2c[nH]c3ccccc23)CC1. The number of carbonyl (C=O) groups excluding carboxylic acids is 2. The van der Waals surface area contributed by atoms with Gasteiger partial charge in [0.25, 0.3) is 0 Å². The lowest BCUT2D eigenvalue weighted by molar-refractivity contribution is -0.133. The maximum atomic E-state index is 12.6. The Kier molecular flexibility index (Phi) is 6.36. The van der Waals surface area contributed by atoms with Crippen molar-refractivity contribution in [3.63, 3.8) is 0 Å². The van der Waals surface area contributed by atoms with Gasteiger partial charge in [0.05, 0.1) is 7.11 Å². The van der Waals surface area contributed by atoms with Crippen molar-refractivity contribution < 1.29 is 14.3 Å². The zero-order chi connectivity index (χ0) is 21.6. The fourth-order valence-corrected chi connectivity index (χ4v) is 3.99. The van der Waals surface area contributed by atoms with Gasteiger partial charge in [0.15, 0.2) is 0 Å². The largest absolute Gasteiger partial charge is 0.496 e. The first-order valence-corrected chi connectivity index (χ1v) is 10.6. The van der Waals surface area contributed by atoms with Crippen molar-refractivity contribution in [3.8, 4) is 5.75 Å². The maximum absolute atomic E-state index is 12.6. The average Bonchev–Trinajstić information content (AvgIpc) is 3.25. The third-order valence-corrected chi connectivity index (χ3v) is 5.73. The summed E-state index contributed by atoms with van der Waals surface area (Å²) in [5.74, 6) is 0.623. The van der Waals surface area contributed by atoms with E-state index in [0.717, 1.165) is 23.3 Å². The van der Waals surface area contributed by atoms with Crippen LogP contribution < -0.4 is 10.1 Å². The average molecular weight is 418 g/mol. The topological polar surface area (TPSA) is 74.4 Å². The Balaban J connectivity index is 1.26. The summed E-state index contributed by atoms with van der Waals surface area (Å²) in [6.07, 6.45) is 5.38. The number of fused-ring (bicyclic) bond motifs is 1. The van der Waals surface area contributed by atoms with Gasteiger partial charge in [0.1, 0.15) is 5.75 Å².